The largest absolute Gasteiger partial charge is 0.486 e. The van der Waals surface area contributed by atoms with E-state index in [1.54, 1.807) is 0 Å². The van der Waals surface area contributed by atoms with Crippen LogP contribution in [0.1, 0.15) is 0 Å². The summed E-state index contributed by atoms with van der Waals surface area (Å²) in [5.41, 5.74) is 5.18. The lowest BCUT2D eigenvalue weighted by Gasteiger charge is -2.03. The maximum absolute atomic E-state index is 12.8. The van der Waals surface area contributed by atoms with E-state index in [1.165, 1.54) is 0 Å². The van der Waals surface area contributed by atoms with Crippen LogP contribution in [-0.4, -0.2) is 18.3 Å². The van der Waals surface area contributed by atoms with Crippen molar-refractivity contribution in [3.8, 4) is 5.75 Å². The van der Waals surface area contributed by atoms with Crippen LogP contribution >= 0.6 is 0 Å². The average molecular weight is 174 g/mol. The lowest BCUT2D eigenvalue weighted by molar-refractivity contribution is 0.261. The van der Waals surface area contributed by atoms with Crippen molar-refractivity contribution in [3.05, 3.63) is 18.1 Å². The number of nitrogens with zero attached hydrogens (tertiary/aromatic N) is 1. The molecular formula is C7H8F2N2O. The fraction of sp³-hybridized carbons (Fsp3) is 0.286. The minimum Gasteiger partial charge on any atom is -0.486 e. The molecule has 0 aliphatic heterocycles. The molecule has 66 valence electrons. The predicted octanol–water partition coefficient (Wildman–Crippen LogP) is 1.15. The highest BCUT2D eigenvalue weighted by atomic mass is 19.1. The number of nitrogen functional groups attached to an aromatic ring is 1. The number of hydrogen-bond donors (Lipinski definition) is 1. The maximum Gasteiger partial charge on any atom is 0.173 e. The fourth-order valence-corrected chi connectivity index (χ4v) is 0.688. The van der Waals surface area contributed by atoms with E-state index < -0.39 is 12.5 Å². The SMILES string of the molecule is Nc1cc(F)c(OCCF)cn1. The number of ether oxygens (including phenoxy) is 1. The normalized spacial score (nSPS) is 9.83. The van der Waals surface area contributed by atoms with Gasteiger partial charge < -0.3 is 10.5 Å². The Balaban J connectivity index is 2.72. The Morgan fingerprint density at radius 2 is 2.33 bits per heavy atom. The number of hydrogen-bond acceptors (Lipinski definition) is 3. The molecular weight excluding hydrogens is 166 g/mol. The third kappa shape index (κ3) is 2.05. The summed E-state index contributed by atoms with van der Waals surface area (Å²) in [6.45, 7) is -0.841. The van der Waals surface area contributed by atoms with Gasteiger partial charge >= 0.3 is 0 Å². The lowest BCUT2D eigenvalue weighted by atomic mass is 10.4. The maximum atomic E-state index is 12.8. The van der Waals surface area contributed by atoms with Gasteiger partial charge in [-0.15, -0.1) is 0 Å². The lowest BCUT2D eigenvalue weighted by Crippen LogP contribution is -2.02. The van der Waals surface area contributed by atoms with E-state index in [1.807, 2.05) is 0 Å². The van der Waals surface area contributed by atoms with Crippen LogP contribution in [0.4, 0.5) is 14.6 Å². The zero-order chi connectivity index (χ0) is 8.97. The van der Waals surface area contributed by atoms with Crippen LogP contribution in [0.3, 0.4) is 0 Å². The minimum absolute atomic E-state index is 0.0695. The summed E-state index contributed by atoms with van der Waals surface area (Å²) >= 11 is 0. The number of nitrogens with two attached hydrogens (primary N) is 1. The van der Waals surface area contributed by atoms with Gasteiger partial charge in [-0.3, -0.25) is 0 Å². The van der Waals surface area contributed by atoms with Crippen molar-refractivity contribution in [1.82, 2.24) is 4.98 Å². The van der Waals surface area contributed by atoms with Crippen LogP contribution in [0.2, 0.25) is 0 Å². The Morgan fingerprint density at radius 1 is 1.58 bits per heavy atom. The van der Waals surface area contributed by atoms with Gasteiger partial charge in [-0.1, -0.05) is 0 Å². The monoisotopic (exact) mass is 174 g/mol. The van der Waals surface area contributed by atoms with Crippen molar-refractivity contribution in [2.24, 2.45) is 0 Å². The molecule has 0 aliphatic carbocycles. The second-order valence-electron chi connectivity index (χ2n) is 2.08. The summed E-state index contributed by atoms with van der Waals surface area (Å²) < 4.78 is 29.1. The van der Waals surface area contributed by atoms with Crippen molar-refractivity contribution < 1.29 is 13.5 Å². The molecule has 2 N–H and O–H groups in total. The van der Waals surface area contributed by atoms with Crippen molar-refractivity contribution in [3.63, 3.8) is 0 Å². The summed E-state index contributed by atoms with van der Waals surface area (Å²) in [6, 6.07) is 1.02. The summed E-state index contributed by atoms with van der Waals surface area (Å²) in [5, 5.41) is 0. The Bertz CT molecular complexity index is 268. The second-order valence-corrected chi connectivity index (χ2v) is 2.08. The van der Waals surface area contributed by atoms with Crippen LogP contribution < -0.4 is 10.5 Å². The summed E-state index contributed by atoms with van der Waals surface area (Å²) in [5.74, 6) is -0.641. The summed E-state index contributed by atoms with van der Waals surface area (Å²) in [6.07, 6.45) is 1.13. The minimum atomic E-state index is -0.663. The first kappa shape index (κ1) is 8.70. The molecule has 5 heteroatoms. The second kappa shape index (κ2) is 3.85. The highest BCUT2D eigenvalue weighted by Gasteiger charge is 2.03. The molecule has 0 amide bonds. The van der Waals surface area contributed by atoms with E-state index in [0.29, 0.717) is 0 Å². The van der Waals surface area contributed by atoms with Gasteiger partial charge in [-0.05, 0) is 0 Å². The molecule has 1 aromatic heterocycles. The third-order valence-electron chi connectivity index (χ3n) is 1.18. The van der Waals surface area contributed by atoms with Crippen molar-refractivity contribution in [1.29, 1.82) is 0 Å². The quantitative estimate of drug-likeness (QED) is 0.747. The van der Waals surface area contributed by atoms with E-state index in [9.17, 15) is 8.78 Å². The zero-order valence-electron chi connectivity index (χ0n) is 6.26. The number of anilines is 1. The van der Waals surface area contributed by atoms with E-state index >= 15 is 0 Å². The van der Waals surface area contributed by atoms with Gasteiger partial charge in [-0.2, -0.15) is 0 Å². The summed E-state index contributed by atoms with van der Waals surface area (Å²) in [7, 11) is 0. The smallest absolute Gasteiger partial charge is 0.173 e. The first-order chi connectivity index (χ1) is 5.74. The van der Waals surface area contributed by atoms with Crippen LogP contribution in [0.15, 0.2) is 12.3 Å². The van der Waals surface area contributed by atoms with E-state index in [-0.39, 0.29) is 18.2 Å². The van der Waals surface area contributed by atoms with Crippen molar-refractivity contribution in [2.75, 3.05) is 19.0 Å². The number of rotatable bonds is 3. The number of alkyl halides is 1. The van der Waals surface area contributed by atoms with Gasteiger partial charge in [-0.25, -0.2) is 13.8 Å². The van der Waals surface area contributed by atoms with Gasteiger partial charge in [0.25, 0.3) is 0 Å². The Kier molecular flexibility index (Phi) is 2.79. The van der Waals surface area contributed by atoms with Crippen LogP contribution in [0, 0.1) is 5.82 Å². The van der Waals surface area contributed by atoms with Gasteiger partial charge in [0.1, 0.15) is 19.1 Å². The molecule has 1 heterocycles. The molecule has 1 aromatic rings. The third-order valence-corrected chi connectivity index (χ3v) is 1.18. The number of pyridine rings is 1. The summed E-state index contributed by atoms with van der Waals surface area (Å²) in [4.78, 5) is 3.58. The fourth-order valence-electron chi connectivity index (χ4n) is 0.688. The van der Waals surface area contributed by atoms with E-state index in [0.717, 1.165) is 12.3 Å². The number of halogens is 2. The first-order valence-corrected chi connectivity index (χ1v) is 3.34. The molecule has 0 radical (unpaired) electrons. The topological polar surface area (TPSA) is 48.1 Å². The molecule has 3 nitrogen and oxygen atoms in total. The van der Waals surface area contributed by atoms with Gasteiger partial charge in [0, 0.05) is 6.07 Å². The molecule has 1 rings (SSSR count). The highest BCUT2D eigenvalue weighted by Crippen LogP contribution is 2.16. The molecule has 0 atom stereocenters. The molecule has 0 spiro atoms. The standard InChI is InChI=1S/C7H8F2N2O/c8-1-2-12-6-4-11-7(10)3-5(6)9/h3-4H,1-2H2,(H2,10,11). The van der Waals surface area contributed by atoms with E-state index in [4.69, 9.17) is 5.73 Å². The predicted molar refractivity (Wildman–Crippen MR) is 40.1 cm³/mol. The highest BCUT2D eigenvalue weighted by molar-refractivity contribution is 5.33. The Hall–Kier alpha value is -1.39. The molecule has 0 saturated carbocycles. The van der Waals surface area contributed by atoms with E-state index in [2.05, 4.69) is 9.72 Å². The molecule has 0 saturated heterocycles. The molecule has 0 unspecified atom stereocenters. The zero-order valence-corrected chi connectivity index (χ0v) is 6.26. The van der Waals surface area contributed by atoms with Gasteiger partial charge in [0.2, 0.25) is 0 Å². The van der Waals surface area contributed by atoms with Crippen molar-refractivity contribution >= 4 is 5.82 Å². The molecule has 0 bridgehead atoms. The average Bonchev–Trinajstić information content (AvgIpc) is 2.03. The molecule has 0 aliphatic rings. The molecule has 12 heavy (non-hydrogen) atoms. The van der Waals surface area contributed by atoms with Crippen molar-refractivity contribution in [2.45, 2.75) is 0 Å². The van der Waals surface area contributed by atoms with Gasteiger partial charge in [0.15, 0.2) is 11.6 Å². The Morgan fingerprint density at radius 3 is 2.92 bits per heavy atom. The van der Waals surface area contributed by atoms with Crippen LogP contribution in [0.5, 0.6) is 5.75 Å². The van der Waals surface area contributed by atoms with Crippen LogP contribution in [-0.2, 0) is 0 Å². The number of aromatic nitrogens is 1. The van der Waals surface area contributed by atoms with Gasteiger partial charge in [0.05, 0.1) is 6.20 Å². The first-order valence-electron chi connectivity index (χ1n) is 3.34. The molecule has 0 fully saturated rings. The molecule has 0 aromatic carbocycles. The van der Waals surface area contributed by atoms with Crippen LogP contribution in [0.25, 0.3) is 0 Å². The Labute approximate surface area is 68.2 Å².